The van der Waals surface area contributed by atoms with E-state index in [0.29, 0.717) is 32.5 Å². The summed E-state index contributed by atoms with van der Waals surface area (Å²) < 4.78 is 0. The van der Waals surface area contributed by atoms with Gasteiger partial charge in [-0.25, -0.2) is 0 Å². The molecule has 2 amide bonds. The third-order valence-electron chi connectivity index (χ3n) is 7.35. The predicted molar refractivity (Wildman–Crippen MR) is 147 cm³/mol. The van der Waals surface area contributed by atoms with E-state index in [9.17, 15) is 19.8 Å². The Balaban J connectivity index is 1.45. The zero-order chi connectivity index (χ0) is 27.3. The second kappa shape index (κ2) is 12.4. The normalized spacial score (nSPS) is 23.3. The lowest BCUT2D eigenvalue weighted by molar-refractivity contribution is -0.130. The van der Waals surface area contributed by atoms with E-state index >= 15 is 0 Å². The fraction of sp³-hybridized carbons (Fsp3) is 0.533. The van der Waals surface area contributed by atoms with Gasteiger partial charge in [-0.3, -0.25) is 14.5 Å². The van der Waals surface area contributed by atoms with Crippen LogP contribution in [0.5, 0.6) is 0 Å². The fourth-order valence-electron chi connectivity index (χ4n) is 5.55. The second-order valence-corrected chi connectivity index (χ2v) is 11.7. The van der Waals surface area contributed by atoms with Crippen molar-refractivity contribution >= 4 is 11.8 Å². The number of fused-ring (bicyclic) bond motifs is 1. The second-order valence-electron chi connectivity index (χ2n) is 11.7. The summed E-state index contributed by atoms with van der Waals surface area (Å²) in [5, 5.41) is 31.3. The highest BCUT2D eigenvalue weighted by molar-refractivity contribution is 5.83. The molecule has 2 aliphatic rings. The van der Waals surface area contributed by atoms with Gasteiger partial charge < -0.3 is 26.2 Å². The van der Waals surface area contributed by atoms with Crippen LogP contribution in [0.1, 0.15) is 49.9 Å². The Hall–Kier alpha value is -2.78. The monoisotopic (exact) mass is 522 g/mol. The summed E-state index contributed by atoms with van der Waals surface area (Å²) in [6.07, 6.45) is -0.236. The van der Waals surface area contributed by atoms with E-state index in [1.54, 1.807) is 0 Å². The van der Waals surface area contributed by atoms with Crippen LogP contribution in [0.15, 0.2) is 54.6 Å². The Morgan fingerprint density at radius 1 is 1.11 bits per heavy atom. The summed E-state index contributed by atoms with van der Waals surface area (Å²) in [4.78, 5) is 28.5. The van der Waals surface area contributed by atoms with Crippen LogP contribution in [-0.2, 0) is 22.4 Å². The standard InChI is InChI=1S/C30H42N4O4/c1-30(2,3)33-29(38)25-18-31-13-14-34(25)19-23(35)16-22(15-20-9-5-4-6-10-20)28(37)32-27-24-12-8-7-11-21(24)17-26(27)36/h4-12,22-23,25-27,31,35-36H,13-19H2,1-3H3,(H,32,37)(H,33,38)/t22-,23+,25-,26+,27-/m1/s1. The molecule has 8 heteroatoms. The number of hydrogen-bond acceptors (Lipinski definition) is 6. The molecule has 38 heavy (non-hydrogen) atoms. The molecule has 0 bridgehead atoms. The van der Waals surface area contributed by atoms with Gasteiger partial charge in [0.1, 0.15) is 6.04 Å². The van der Waals surface area contributed by atoms with Gasteiger partial charge in [-0.15, -0.1) is 0 Å². The Bertz CT molecular complexity index is 1090. The largest absolute Gasteiger partial charge is 0.392 e. The predicted octanol–water partition coefficient (Wildman–Crippen LogP) is 1.56. The molecular weight excluding hydrogens is 480 g/mol. The average Bonchev–Trinajstić information content (AvgIpc) is 3.18. The third kappa shape index (κ3) is 7.41. The van der Waals surface area contributed by atoms with Gasteiger partial charge >= 0.3 is 0 Å². The number of aliphatic hydroxyl groups excluding tert-OH is 2. The molecule has 0 unspecified atom stereocenters. The number of piperazine rings is 1. The van der Waals surface area contributed by atoms with E-state index in [1.165, 1.54) is 0 Å². The van der Waals surface area contributed by atoms with Crippen molar-refractivity contribution in [2.45, 2.75) is 69.9 Å². The third-order valence-corrected chi connectivity index (χ3v) is 7.35. The number of nitrogens with zero attached hydrogens (tertiary/aromatic N) is 1. The van der Waals surface area contributed by atoms with E-state index < -0.39 is 24.2 Å². The first-order chi connectivity index (χ1) is 18.1. The molecule has 0 aromatic heterocycles. The number of carbonyl (C=O) groups excluding carboxylic acids is 2. The van der Waals surface area contributed by atoms with E-state index in [0.717, 1.165) is 23.2 Å². The number of hydrogen-bond donors (Lipinski definition) is 5. The molecule has 5 N–H and O–H groups in total. The summed E-state index contributed by atoms with van der Waals surface area (Å²) in [6, 6.07) is 16.7. The molecule has 0 radical (unpaired) electrons. The van der Waals surface area contributed by atoms with Crippen molar-refractivity contribution in [2.75, 3.05) is 26.2 Å². The minimum Gasteiger partial charge on any atom is -0.392 e. The Labute approximate surface area is 225 Å². The summed E-state index contributed by atoms with van der Waals surface area (Å²) in [5.74, 6) is -0.738. The average molecular weight is 523 g/mol. The molecule has 2 aromatic rings. The molecule has 5 atom stereocenters. The van der Waals surface area contributed by atoms with Crippen LogP contribution in [0.4, 0.5) is 0 Å². The van der Waals surface area contributed by atoms with Crippen molar-refractivity contribution in [3.05, 3.63) is 71.3 Å². The van der Waals surface area contributed by atoms with Crippen LogP contribution in [0.25, 0.3) is 0 Å². The van der Waals surface area contributed by atoms with E-state index in [-0.39, 0.29) is 29.8 Å². The van der Waals surface area contributed by atoms with Crippen molar-refractivity contribution in [3.63, 3.8) is 0 Å². The maximum absolute atomic E-state index is 13.6. The van der Waals surface area contributed by atoms with Gasteiger partial charge in [0.25, 0.3) is 0 Å². The van der Waals surface area contributed by atoms with Gasteiger partial charge in [-0.2, -0.15) is 0 Å². The molecule has 206 valence electrons. The maximum Gasteiger partial charge on any atom is 0.239 e. The number of nitrogens with one attached hydrogen (secondary N) is 3. The number of carbonyl (C=O) groups is 2. The van der Waals surface area contributed by atoms with Crippen molar-refractivity contribution in [1.29, 1.82) is 0 Å². The van der Waals surface area contributed by atoms with Crippen LogP contribution in [0, 0.1) is 5.92 Å². The first-order valence-electron chi connectivity index (χ1n) is 13.7. The van der Waals surface area contributed by atoms with Crippen LogP contribution < -0.4 is 16.0 Å². The molecule has 4 rings (SSSR count). The quantitative estimate of drug-likeness (QED) is 0.342. The topological polar surface area (TPSA) is 114 Å². The first kappa shape index (κ1) is 28.2. The SMILES string of the molecule is CC(C)(C)NC(=O)[C@H]1CNCCN1C[C@@H](O)C[C@@H](Cc1ccccc1)C(=O)N[C@@H]1c2ccccc2C[C@@H]1O. The number of aliphatic hydroxyl groups is 2. The molecular formula is C30H42N4O4. The van der Waals surface area contributed by atoms with Gasteiger partial charge in [0.15, 0.2) is 0 Å². The van der Waals surface area contributed by atoms with E-state index in [1.807, 2.05) is 80.3 Å². The number of amides is 2. The fourth-order valence-corrected chi connectivity index (χ4v) is 5.55. The summed E-state index contributed by atoms with van der Waals surface area (Å²) >= 11 is 0. The molecule has 0 saturated carbocycles. The number of rotatable bonds is 9. The van der Waals surface area contributed by atoms with Crippen molar-refractivity contribution < 1.29 is 19.8 Å². The molecule has 2 aromatic carbocycles. The Kier molecular flexibility index (Phi) is 9.20. The molecule has 1 heterocycles. The number of benzene rings is 2. The number of β-amino-alcohol motifs (C(OH)–C–C–N with tert-alkyl or cyclic N) is 1. The van der Waals surface area contributed by atoms with Crippen LogP contribution in [-0.4, -0.2) is 76.9 Å². The zero-order valence-electron chi connectivity index (χ0n) is 22.7. The first-order valence-corrected chi connectivity index (χ1v) is 13.7. The van der Waals surface area contributed by atoms with Gasteiger partial charge in [0.2, 0.25) is 11.8 Å². The Morgan fingerprint density at radius 2 is 1.82 bits per heavy atom. The van der Waals surface area contributed by atoms with Gasteiger partial charge in [-0.1, -0.05) is 54.6 Å². The van der Waals surface area contributed by atoms with E-state index in [2.05, 4.69) is 16.0 Å². The van der Waals surface area contributed by atoms with Crippen LogP contribution in [0.2, 0.25) is 0 Å². The van der Waals surface area contributed by atoms with E-state index in [4.69, 9.17) is 0 Å². The summed E-state index contributed by atoms with van der Waals surface area (Å²) in [7, 11) is 0. The van der Waals surface area contributed by atoms with Crippen molar-refractivity contribution in [3.8, 4) is 0 Å². The van der Waals surface area contributed by atoms with Crippen LogP contribution >= 0.6 is 0 Å². The molecule has 0 spiro atoms. The molecule has 1 saturated heterocycles. The van der Waals surface area contributed by atoms with Crippen molar-refractivity contribution in [2.24, 2.45) is 5.92 Å². The van der Waals surface area contributed by atoms with Gasteiger partial charge in [-0.05, 0) is 50.3 Å². The highest BCUT2D eigenvalue weighted by atomic mass is 16.3. The lowest BCUT2D eigenvalue weighted by Gasteiger charge is -2.38. The molecule has 8 nitrogen and oxygen atoms in total. The highest BCUT2D eigenvalue weighted by Crippen LogP contribution is 2.32. The van der Waals surface area contributed by atoms with Gasteiger partial charge in [0, 0.05) is 44.1 Å². The lowest BCUT2D eigenvalue weighted by atomic mass is 9.91. The van der Waals surface area contributed by atoms with Crippen LogP contribution in [0.3, 0.4) is 0 Å². The highest BCUT2D eigenvalue weighted by Gasteiger charge is 2.35. The summed E-state index contributed by atoms with van der Waals surface area (Å²) in [5.41, 5.74) is 2.65. The molecule has 1 aliphatic carbocycles. The van der Waals surface area contributed by atoms with Crippen molar-refractivity contribution in [1.82, 2.24) is 20.9 Å². The minimum atomic E-state index is -0.793. The smallest absolute Gasteiger partial charge is 0.239 e. The molecule has 1 fully saturated rings. The zero-order valence-corrected chi connectivity index (χ0v) is 22.7. The van der Waals surface area contributed by atoms with Gasteiger partial charge in [0.05, 0.1) is 18.2 Å². The summed E-state index contributed by atoms with van der Waals surface area (Å²) in [6.45, 7) is 8.05. The molecule has 1 aliphatic heterocycles. The lowest BCUT2D eigenvalue weighted by Crippen LogP contribution is -2.61. The Morgan fingerprint density at radius 3 is 2.55 bits per heavy atom. The minimum absolute atomic E-state index is 0.0654. The maximum atomic E-state index is 13.6.